The van der Waals surface area contributed by atoms with Crippen molar-refractivity contribution >= 4 is 48.0 Å². The van der Waals surface area contributed by atoms with Gasteiger partial charge in [-0.25, -0.2) is 0 Å². The van der Waals surface area contributed by atoms with Crippen LogP contribution in [0.15, 0.2) is 0 Å². The molecule has 0 aromatic carbocycles. The molecule has 0 aliphatic rings. The van der Waals surface area contributed by atoms with Crippen LogP contribution in [-0.4, -0.2) is 58.1 Å². The van der Waals surface area contributed by atoms with E-state index in [1.54, 1.807) is 0 Å². The second-order valence-corrected chi connectivity index (χ2v) is 6.15. The molecule has 0 fully saturated rings. The zero-order chi connectivity index (χ0) is 9.33. The van der Waals surface area contributed by atoms with Crippen molar-refractivity contribution in [3.05, 3.63) is 0 Å². The van der Waals surface area contributed by atoms with Gasteiger partial charge < -0.3 is 0 Å². The Kier molecular flexibility index (Phi) is 13.1. The molecule has 0 bridgehead atoms. The third-order valence-electron chi connectivity index (χ3n) is 0.957. The summed E-state index contributed by atoms with van der Waals surface area (Å²) in [5.41, 5.74) is 0. The molecule has 0 aliphatic carbocycles. The maximum absolute atomic E-state index is 8.97. The molecule has 0 unspecified atom stereocenters. The summed E-state index contributed by atoms with van der Waals surface area (Å²) in [6, 6.07) is 0. The van der Waals surface area contributed by atoms with Crippen LogP contribution in [0.5, 0.6) is 0 Å². The van der Waals surface area contributed by atoms with E-state index in [1.165, 1.54) is 50.9 Å². The van der Waals surface area contributed by atoms with E-state index < -0.39 is 20.1 Å². The fourth-order valence-corrected chi connectivity index (χ4v) is 1.000. The molecular weight excluding hydrogens is 269 g/mol. The Morgan fingerprint density at radius 3 is 1.73 bits per heavy atom. The summed E-state index contributed by atoms with van der Waals surface area (Å²) in [6.07, 6.45) is 4.30. The molecule has 0 aromatic heterocycles. The topological polar surface area (TPSA) is 77.8 Å². The quantitative estimate of drug-likeness (QED) is 0.486. The van der Waals surface area contributed by atoms with Gasteiger partial charge in [0.2, 0.25) is 0 Å². The van der Waals surface area contributed by atoms with Gasteiger partial charge in [-0.1, -0.05) is 0 Å². The molecule has 0 aliphatic heterocycles. The first kappa shape index (κ1) is 15.0. The standard InChI is InChI=1S/C5H11.Na.3H2O.O.Sb/c1-3-5-4-2;;;;;;/h1,3-5H2,2H3;;3*1H2;;/q;;;;;;+3/p-3. The monoisotopic (exact) mass is 282 g/mol. The van der Waals surface area contributed by atoms with Crippen LogP contribution in [-0.2, 0) is 3.02 Å². The van der Waals surface area contributed by atoms with E-state index in [-0.39, 0.29) is 0 Å². The Bertz CT molecular complexity index is 101. The summed E-state index contributed by atoms with van der Waals surface area (Å²) in [4.78, 5) is 0. The molecule has 64 valence electrons. The van der Waals surface area contributed by atoms with Gasteiger partial charge >= 0.3 is 91.0 Å². The SMILES string of the molecule is CCCC[CH2][Na].[O]=[Sb]([OH])([OH])[OH]. The van der Waals surface area contributed by atoms with Crippen LogP contribution in [0.25, 0.3) is 0 Å². The number of unbranched alkanes of at least 4 members (excludes halogenated alkanes) is 2. The molecule has 3 N–H and O–H groups in total. The first-order valence-corrected chi connectivity index (χ1v) is 9.58. The molecule has 4 nitrogen and oxygen atoms in total. The van der Waals surface area contributed by atoms with Crippen LogP contribution in [0.2, 0.25) is 3.67 Å². The maximum atomic E-state index is 8.97. The van der Waals surface area contributed by atoms with E-state index in [1.807, 2.05) is 0 Å². The van der Waals surface area contributed by atoms with Crippen LogP contribution in [0.1, 0.15) is 26.2 Å². The van der Waals surface area contributed by atoms with Crippen molar-refractivity contribution in [3.63, 3.8) is 0 Å². The van der Waals surface area contributed by atoms with Gasteiger partial charge in [-0.3, -0.25) is 0 Å². The number of hydrogen-bond donors (Lipinski definition) is 3. The number of rotatable bonds is 3. The zero-order valence-corrected chi connectivity index (χ0v) is 11.6. The summed E-state index contributed by atoms with van der Waals surface area (Å²) >= 11 is -3.95. The summed E-state index contributed by atoms with van der Waals surface area (Å²) < 4.78 is 32.3. The summed E-state index contributed by atoms with van der Waals surface area (Å²) in [5, 5.41) is 0. The summed E-state index contributed by atoms with van der Waals surface area (Å²) in [6.45, 7) is 2.25. The van der Waals surface area contributed by atoms with Crippen LogP contribution in [0, 0.1) is 0 Å². The van der Waals surface area contributed by atoms with Crippen molar-refractivity contribution in [2.45, 2.75) is 29.9 Å². The fraction of sp³-hybridized carbons (Fsp3) is 1.00. The third-order valence-corrected chi connectivity index (χ3v) is 1.66. The Hall–Kier alpha value is 1.50. The van der Waals surface area contributed by atoms with E-state index in [4.69, 9.17) is 13.2 Å². The van der Waals surface area contributed by atoms with E-state index >= 15 is 0 Å². The van der Waals surface area contributed by atoms with Crippen molar-refractivity contribution in [2.75, 3.05) is 0 Å². The van der Waals surface area contributed by atoms with Gasteiger partial charge in [-0.15, -0.1) is 0 Å². The molecule has 0 amide bonds. The van der Waals surface area contributed by atoms with E-state index in [2.05, 4.69) is 6.92 Å². The molecule has 11 heavy (non-hydrogen) atoms. The third kappa shape index (κ3) is 51.3. The van der Waals surface area contributed by atoms with Gasteiger partial charge in [0.1, 0.15) is 0 Å². The average Bonchev–Trinajstić information content (AvgIpc) is 1.79. The van der Waals surface area contributed by atoms with E-state index in [0.717, 1.165) is 0 Å². The van der Waals surface area contributed by atoms with Gasteiger partial charge in [0.15, 0.2) is 0 Å². The second-order valence-electron chi connectivity index (χ2n) is 2.22. The van der Waals surface area contributed by atoms with Crippen molar-refractivity contribution in [2.24, 2.45) is 0 Å². The van der Waals surface area contributed by atoms with Gasteiger partial charge in [-0.05, 0) is 0 Å². The first-order chi connectivity index (χ1) is 4.91. The summed E-state index contributed by atoms with van der Waals surface area (Å²) in [7, 11) is 0. The molecule has 0 rings (SSSR count). The van der Waals surface area contributed by atoms with Gasteiger partial charge in [-0.2, -0.15) is 0 Å². The van der Waals surface area contributed by atoms with Crippen LogP contribution in [0.3, 0.4) is 0 Å². The predicted octanol–water partition coefficient (Wildman–Crippen LogP) is -0.407. The average molecular weight is 283 g/mol. The minimum atomic E-state index is -5.35. The molecule has 0 spiro atoms. The predicted molar refractivity (Wildman–Crippen MR) is 43.2 cm³/mol. The Morgan fingerprint density at radius 2 is 1.64 bits per heavy atom. The first-order valence-electron chi connectivity index (χ1n) is 3.70. The molecule has 0 saturated heterocycles. The minimum absolute atomic E-state index is 1.38. The van der Waals surface area contributed by atoms with Crippen LogP contribution in [0.4, 0.5) is 0 Å². The fourth-order valence-electron chi connectivity index (χ4n) is 0.500. The van der Waals surface area contributed by atoms with Gasteiger partial charge in [0.25, 0.3) is 0 Å². The molecule has 0 atom stereocenters. The van der Waals surface area contributed by atoms with Crippen molar-refractivity contribution in [1.29, 1.82) is 0 Å². The Labute approximate surface area is 90.1 Å². The van der Waals surface area contributed by atoms with E-state index in [0.29, 0.717) is 0 Å². The van der Waals surface area contributed by atoms with Crippen molar-refractivity contribution in [3.8, 4) is 0 Å². The summed E-state index contributed by atoms with van der Waals surface area (Å²) in [5.74, 6) is 0. The Balaban J connectivity index is 0. The number of hydrogen-bond acceptors (Lipinski definition) is 1. The normalized spacial score (nSPS) is 10.4. The second kappa shape index (κ2) is 9.59. The zero-order valence-electron chi connectivity index (χ0n) is 7.03. The molecule has 0 saturated carbocycles. The molecular formula is C5H14NaO4Sb. The van der Waals surface area contributed by atoms with Crippen LogP contribution >= 0.6 is 0 Å². The Morgan fingerprint density at radius 1 is 1.27 bits per heavy atom. The van der Waals surface area contributed by atoms with E-state index in [9.17, 15) is 0 Å². The van der Waals surface area contributed by atoms with Crippen molar-refractivity contribution < 1.29 is 13.2 Å². The van der Waals surface area contributed by atoms with Gasteiger partial charge in [0.05, 0.1) is 0 Å². The van der Waals surface area contributed by atoms with Crippen LogP contribution < -0.4 is 0 Å². The molecule has 0 heterocycles. The van der Waals surface area contributed by atoms with Gasteiger partial charge in [0, 0.05) is 0 Å². The van der Waals surface area contributed by atoms with Crippen molar-refractivity contribution in [1.82, 2.24) is 0 Å². The molecule has 0 aromatic rings. The molecule has 6 heteroatoms. The molecule has 0 radical (unpaired) electrons.